The van der Waals surface area contributed by atoms with Gasteiger partial charge in [-0.3, -0.25) is 14.7 Å². The van der Waals surface area contributed by atoms with Crippen LogP contribution in [0.3, 0.4) is 0 Å². The maximum Gasteiger partial charge on any atom is 0.401 e. The van der Waals surface area contributed by atoms with Gasteiger partial charge >= 0.3 is 6.18 Å². The van der Waals surface area contributed by atoms with Crippen molar-refractivity contribution in [2.45, 2.75) is 6.18 Å². The third kappa shape index (κ3) is 3.60. The Balaban J connectivity index is 1.94. The van der Waals surface area contributed by atoms with Gasteiger partial charge in [-0.2, -0.15) is 13.2 Å². The van der Waals surface area contributed by atoms with Gasteiger partial charge < -0.3 is 10.0 Å². The summed E-state index contributed by atoms with van der Waals surface area (Å²) in [5, 5.41) is 9.55. The largest absolute Gasteiger partial charge is 0.505 e. The Hall–Kier alpha value is -1.83. The fourth-order valence-corrected chi connectivity index (χ4v) is 2.10. The minimum Gasteiger partial charge on any atom is -0.505 e. The van der Waals surface area contributed by atoms with Gasteiger partial charge in [-0.05, 0) is 6.07 Å². The fourth-order valence-electron chi connectivity index (χ4n) is 2.10. The molecule has 0 bridgehead atoms. The van der Waals surface area contributed by atoms with E-state index in [-0.39, 0.29) is 37.5 Å². The van der Waals surface area contributed by atoms with Gasteiger partial charge in [-0.25, -0.2) is 0 Å². The van der Waals surface area contributed by atoms with Gasteiger partial charge in [0.05, 0.1) is 18.3 Å². The van der Waals surface area contributed by atoms with Crippen molar-refractivity contribution in [2.24, 2.45) is 0 Å². The quantitative estimate of drug-likeness (QED) is 0.886. The van der Waals surface area contributed by atoms with E-state index < -0.39 is 18.6 Å². The summed E-state index contributed by atoms with van der Waals surface area (Å²) in [5.41, 5.74) is 0.115. The number of piperazine rings is 1. The number of aromatic nitrogens is 1. The second-order valence-electron chi connectivity index (χ2n) is 4.58. The zero-order chi connectivity index (χ0) is 14.8. The molecule has 1 aromatic heterocycles. The number of hydrogen-bond acceptors (Lipinski definition) is 4. The van der Waals surface area contributed by atoms with Gasteiger partial charge in [-0.15, -0.1) is 0 Å². The molecular formula is C12H14F3N3O2. The molecule has 1 fully saturated rings. The van der Waals surface area contributed by atoms with Crippen molar-refractivity contribution in [3.8, 4) is 5.75 Å². The monoisotopic (exact) mass is 289 g/mol. The maximum absolute atomic E-state index is 12.3. The molecule has 8 heteroatoms. The average Bonchev–Trinajstić information content (AvgIpc) is 2.37. The first kappa shape index (κ1) is 14.6. The highest BCUT2D eigenvalue weighted by atomic mass is 19.4. The summed E-state index contributed by atoms with van der Waals surface area (Å²) in [5.74, 6) is -0.619. The molecule has 5 nitrogen and oxygen atoms in total. The summed E-state index contributed by atoms with van der Waals surface area (Å²) in [6.45, 7) is -0.225. The van der Waals surface area contributed by atoms with Crippen LogP contribution >= 0.6 is 0 Å². The van der Waals surface area contributed by atoms with Gasteiger partial charge in [-0.1, -0.05) is 0 Å². The van der Waals surface area contributed by atoms with Crippen LogP contribution in [0, 0.1) is 0 Å². The first-order valence-corrected chi connectivity index (χ1v) is 6.08. The fraction of sp³-hybridized carbons (Fsp3) is 0.500. The Morgan fingerprint density at radius 3 is 2.50 bits per heavy atom. The molecule has 0 saturated carbocycles. The van der Waals surface area contributed by atoms with E-state index in [1.54, 1.807) is 0 Å². The highest BCUT2D eigenvalue weighted by Crippen LogP contribution is 2.20. The first-order chi connectivity index (χ1) is 9.37. The van der Waals surface area contributed by atoms with Gasteiger partial charge in [0.25, 0.3) is 5.91 Å². The smallest absolute Gasteiger partial charge is 0.401 e. The van der Waals surface area contributed by atoms with E-state index >= 15 is 0 Å². The standard InChI is InChI=1S/C12H14F3N3O2/c13-12(14,15)8-17-3-5-18(6-4-17)11(20)9-1-2-16-7-10(9)19/h1-2,7,19H,3-6,8H2. The third-order valence-corrected chi connectivity index (χ3v) is 3.09. The van der Waals surface area contributed by atoms with Crippen LogP contribution in [-0.4, -0.2) is 64.7 Å². The molecule has 1 aromatic rings. The number of halogens is 3. The van der Waals surface area contributed by atoms with Gasteiger partial charge in [0.2, 0.25) is 0 Å². The van der Waals surface area contributed by atoms with Crippen molar-refractivity contribution >= 4 is 5.91 Å². The van der Waals surface area contributed by atoms with Crippen LogP contribution in [0.5, 0.6) is 5.75 Å². The maximum atomic E-state index is 12.3. The average molecular weight is 289 g/mol. The van der Waals surface area contributed by atoms with Gasteiger partial charge in [0.15, 0.2) is 0 Å². The number of hydrogen-bond donors (Lipinski definition) is 1. The Bertz CT molecular complexity index is 485. The van der Waals surface area contributed by atoms with E-state index in [1.807, 2.05) is 0 Å². The summed E-state index contributed by atoms with van der Waals surface area (Å²) in [6, 6.07) is 1.39. The van der Waals surface area contributed by atoms with E-state index in [4.69, 9.17) is 0 Å². The Labute approximate surface area is 113 Å². The van der Waals surface area contributed by atoms with Crippen LogP contribution < -0.4 is 0 Å². The molecule has 0 unspecified atom stereocenters. The number of amides is 1. The number of nitrogens with zero attached hydrogens (tertiary/aromatic N) is 3. The molecule has 20 heavy (non-hydrogen) atoms. The lowest BCUT2D eigenvalue weighted by Crippen LogP contribution is -2.50. The van der Waals surface area contributed by atoms with Crippen molar-refractivity contribution < 1.29 is 23.1 Å². The van der Waals surface area contributed by atoms with Crippen LogP contribution in [0.15, 0.2) is 18.5 Å². The van der Waals surface area contributed by atoms with Crippen molar-refractivity contribution in [1.29, 1.82) is 0 Å². The first-order valence-electron chi connectivity index (χ1n) is 6.08. The summed E-state index contributed by atoms with van der Waals surface area (Å²) in [4.78, 5) is 18.5. The molecule has 1 amide bonds. The van der Waals surface area contributed by atoms with E-state index in [0.29, 0.717) is 0 Å². The lowest BCUT2D eigenvalue weighted by Gasteiger charge is -2.35. The van der Waals surface area contributed by atoms with Crippen molar-refractivity contribution in [2.75, 3.05) is 32.7 Å². The molecule has 0 aromatic carbocycles. The number of alkyl halides is 3. The molecule has 2 rings (SSSR count). The summed E-state index contributed by atoms with van der Waals surface area (Å²) < 4.78 is 36.8. The van der Waals surface area contributed by atoms with Gasteiger partial charge in [0.1, 0.15) is 5.75 Å². The molecule has 1 saturated heterocycles. The highest BCUT2D eigenvalue weighted by Gasteiger charge is 2.33. The Kier molecular flexibility index (Phi) is 4.12. The molecule has 1 aliphatic heterocycles. The lowest BCUT2D eigenvalue weighted by molar-refractivity contribution is -0.148. The van der Waals surface area contributed by atoms with E-state index in [0.717, 1.165) is 6.20 Å². The summed E-state index contributed by atoms with van der Waals surface area (Å²) in [7, 11) is 0. The molecule has 2 heterocycles. The van der Waals surface area contributed by atoms with E-state index in [9.17, 15) is 23.1 Å². The van der Waals surface area contributed by atoms with Crippen LogP contribution in [0.25, 0.3) is 0 Å². The molecule has 1 aliphatic rings. The molecule has 0 radical (unpaired) electrons. The number of carbonyl (C=O) groups is 1. The predicted octanol–water partition coefficient (Wildman–Crippen LogP) is 1.11. The number of aromatic hydroxyl groups is 1. The van der Waals surface area contributed by atoms with Crippen molar-refractivity contribution in [3.05, 3.63) is 24.0 Å². The topological polar surface area (TPSA) is 56.7 Å². The van der Waals surface area contributed by atoms with Crippen LogP contribution in [0.1, 0.15) is 10.4 Å². The summed E-state index contributed by atoms with van der Waals surface area (Å²) in [6.07, 6.45) is -1.68. The summed E-state index contributed by atoms with van der Waals surface area (Å²) >= 11 is 0. The predicted molar refractivity (Wildman–Crippen MR) is 64.3 cm³/mol. The zero-order valence-corrected chi connectivity index (χ0v) is 10.6. The second kappa shape index (κ2) is 5.66. The second-order valence-corrected chi connectivity index (χ2v) is 4.58. The molecule has 0 spiro atoms. The normalized spacial score (nSPS) is 17.2. The highest BCUT2D eigenvalue weighted by molar-refractivity contribution is 5.96. The third-order valence-electron chi connectivity index (χ3n) is 3.09. The molecule has 110 valence electrons. The Morgan fingerprint density at radius 2 is 1.95 bits per heavy atom. The van der Waals surface area contributed by atoms with E-state index in [1.165, 1.54) is 22.1 Å². The van der Waals surface area contributed by atoms with Gasteiger partial charge in [0, 0.05) is 32.4 Å². The van der Waals surface area contributed by atoms with Crippen LogP contribution in [0.2, 0.25) is 0 Å². The van der Waals surface area contributed by atoms with Crippen LogP contribution in [0.4, 0.5) is 13.2 Å². The molecule has 0 atom stereocenters. The minimum absolute atomic E-state index is 0.115. The molecule has 0 aliphatic carbocycles. The van der Waals surface area contributed by atoms with Crippen molar-refractivity contribution in [3.63, 3.8) is 0 Å². The molecule has 1 N–H and O–H groups in total. The zero-order valence-electron chi connectivity index (χ0n) is 10.6. The minimum atomic E-state index is -4.23. The molecular weight excluding hydrogens is 275 g/mol. The van der Waals surface area contributed by atoms with Crippen molar-refractivity contribution in [1.82, 2.24) is 14.8 Å². The number of rotatable bonds is 2. The Morgan fingerprint density at radius 1 is 1.30 bits per heavy atom. The lowest BCUT2D eigenvalue weighted by atomic mass is 10.2. The SMILES string of the molecule is O=C(c1ccncc1O)N1CCN(CC(F)(F)F)CC1. The van der Waals surface area contributed by atoms with Crippen LogP contribution in [-0.2, 0) is 0 Å². The van der Waals surface area contributed by atoms with E-state index in [2.05, 4.69) is 4.98 Å². The number of pyridine rings is 1. The number of carbonyl (C=O) groups excluding carboxylic acids is 1.